The van der Waals surface area contributed by atoms with Crippen LogP contribution in [0.5, 0.6) is 5.88 Å². The van der Waals surface area contributed by atoms with Gasteiger partial charge in [-0.15, -0.1) is 0 Å². The minimum atomic E-state index is 0.131. The predicted molar refractivity (Wildman–Crippen MR) is 45.2 cm³/mol. The molecule has 0 unspecified atom stereocenters. The van der Waals surface area contributed by atoms with E-state index in [0.29, 0.717) is 6.42 Å². The van der Waals surface area contributed by atoms with Crippen LogP contribution in [0, 0.1) is 0 Å². The first-order chi connectivity index (χ1) is 5.83. The summed E-state index contributed by atoms with van der Waals surface area (Å²) in [5.74, 6) is 0.756. The third kappa shape index (κ3) is 1.58. The summed E-state index contributed by atoms with van der Waals surface area (Å²) in [6.45, 7) is 2.92. The minimum absolute atomic E-state index is 0.131. The van der Waals surface area contributed by atoms with Crippen LogP contribution >= 0.6 is 0 Å². The van der Waals surface area contributed by atoms with Crippen molar-refractivity contribution in [1.82, 2.24) is 9.78 Å². The zero-order valence-corrected chi connectivity index (χ0v) is 7.45. The van der Waals surface area contributed by atoms with Gasteiger partial charge in [0, 0.05) is 25.1 Å². The molecule has 0 radical (unpaired) electrons. The van der Waals surface area contributed by atoms with Crippen molar-refractivity contribution in [3.63, 3.8) is 0 Å². The fourth-order valence-electron chi connectivity index (χ4n) is 1.17. The second kappa shape index (κ2) is 4.11. The Balaban J connectivity index is 2.88. The summed E-state index contributed by atoms with van der Waals surface area (Å²) in [4.78, 5) is 0. The maximum absolute atomic E-state index is 8.73. The number of ether oxygens (including phenoxy) is 1. The van der Waals surface area contributed by atoms with Gasteiger partial charge in [0.1, 0.15) is 0 Å². The molecule has 0 atom stereocenters. The normalized spacial score (nSPS) is 10.2. The van der Waals surface area contributed by atoms with Gasteiger partial charge >= 0.3 is 0 Å². The Bertz CT molecular complexity index is 245. The van der Waals surface area contributed by atoms with E-state index in [4.69, 9.17) is 9.84 Å². The fourth-order valence-corrected chi connectivity index (χ4v) is 1.17. The SMILES string of the molecule is CCn1ncc(CCO)c1OC. The Morgan fingerprint density at radius 3 is 2.92 bits per heavy atom. The lowest BCUT2D eigenvalue weighted by Crippen LogP contribution is -2.01. The molecule has 0 aromatic carbocycles. The van der Waals surface area contributed by atoms with Crippen molar-refractivity contribution in [2.24, 2.45) is 0 Å². The molecular weight excluding hydrogens is 156 g/mol. The molecule has 0 aliphatic heterocycles. The second-order valence-electron chi connectivity index (χ2n) is 2.47. The Kier molecular flexibility index (Phi) is 3.10. The smallest absolute Gasteiger partial charge is 0.214 e. The Hall–Kier alpha value is -1.03. The summed E-state index contributed by atoms with van der Waals surface area (Å²) in [6.07, 6.45) is 2.34. The summed E-state index contributed by atoms with van der Waals surface area (Å²) in [5.41, 5.74) is 0.960. The monoisotopic (exact) mass is 170 g/mol. The van der Waals surface area contributed by atoms with Crippen LogP contribution in [-0.2, 0) is 13.0 Å². The summed E-state index contributed by atoms with van der Waals surface area (Å²) < 4.78 is 6.92. The number of aryl methyl sites for hydroxylation is 1. The van der Waals surface area contributed by atoms with Crippen molar-refractivity contribution in [3.8, 4) is 5.88 Å². The lowest BCUT2D eigenvalue weighted by molar-refractivity contribution is 0.295. The number of hydrogen-bond donors (Lipinski definition) is 1. The number of nitrogens with zero attached hydrogens (tertiary/aromatic N) is 2. The molecule has 4 nitrogen and oxygen atoms in total. The van der Waals surface area contributed by atoms with E-state index in [1.807, 2.05) is 6.92 Å². The molecule has 12 heavy (non-hydrogen) atoms. The first kappa shape index (κ1) is 9.06. The molecule has 1 rings (SSSR count). The largest absolute Gasteiger partial charge is 0.481 e. The van der Waals surface area contributed by atoms with Gasteiger partial charge in [0.25, 0.3) is 0 Å². The number of hydrogen-bond acceptors (Lipinski definition) is 3. The molecule has 4 heteroatoms. The number of methoxy groups -OCH3 is 1. The molecule has 0 amide bonds. The van der Waals surface area contributed by atoms with Gasteiger partial charge in [0.2, 0.25) is 5.88 Å². The van der Waals surface area contributed by atoms with E-state index in [1.54, 1.807) is 18.0 Å². The molecule has 1 aromatic heterocycles. The standard InChI is InChI=1S/C8H14N2O2/c1-3-10-8(12-2)7(4-5-11)6-9-10/h6,11H,3-5H2,1-2H3. The number of aliphatic hydroxyl groups excluding tert-OH is 1. The molecule has 0 spiro atoms. The number of aromatic nitrogens is 2. The van der Waals surface area contributed by atoms with E-state index in [0.717, 1.165) is 18.0 Å². The van der Waals surface area contributed by atoms with Gasteiger partial charge < -0.3 is 9.84 Å². The topological polar surface area (TPSA) is 47.3 Å². The molecule has 0 saturated heterocycles. The van der Waals surface area contributed by atoms with Crippen LogP contribution in [0.25, 0.3) is 0 Å². The van der Waals surface area contributed by atoms with E-state index in [9.17, 15) is 0 Å². The first-order valence-electron chi connectivity index (χ1n) is 4.03. The fraction of sp³-hybridized carbons (Fsp3) is 0.625. The summed E-state index contributed by atoms with van der Waals surface area (Å²) >= 11 is 0. The highest BCUT2D eigenvalue weighted by molar-refractivity contribution is 5.24. The summed E-state index contributed by atoms with van der Waals surface area (Å²) in [5, 5.41) is 12.8. The third-order valence-corrected chi connectivity index (χ3v) is 1.74. The van der Waals surface area contributed by atoms with Crippen LogP contribution in [0.3, 0.4) is 0 Å². The van der Waals surface area contributed by atoms with Crippen molar-refractivity contribution >= 4 is 0 Å². The van der Waals surface area contributed by atoms with Crippen molar-refractivity contribution < 1.29 is 9.84 Å². The van der Waals surface area contributed by atoms with Crippen molar-refractivity contribution in [2.75, 3.05) is 13.7 Å². The van der Waals surface area contributed by atoms with E-state index in [2.05, 4.69) is 5.10 Å². The summed E-state index contributed by atoms with van der Waals surface area (Å²) in [6, 6.07) is 0. The van der Waals surface area contributed by atoms with Crippen LogP contribution in [0.1, 0.15) is 12.5 Å². The van der Waals surface area contributed by atoms with Crippen LogP contribution in [-0.4, -0.2) is 28.6 Å². The molecule has 0 aliphatic carbocycles. The van der Waals surface area contributed by atoms with Crippen LogP contribution in [0.15, 0.2) is 6.20 Å². The third-order valence-electron chi connectivity index (χ3n) is 1.74. The van der Waals surface area contributed by atoms with E-state index in [-0.39, 0.29) is 6.61 Å². The first-order valence-corrected chi connectivity index (χ1v) is 4.03. The van der Waals surface area contributed by atoms with Gasteiger partial charge in [-0.2, -0.15) is 5.10 Å². The van der Waals surface area contributed by atoms with Crippen LogP contribution in [0.4, 0.5) is 0 Å². The van der Waals surface area contributed by atoms with Gasteiger partial charge in [-0.1, -0.05) is 0 Å². The maximum atomic E-state index is 8.73. The summed E-state index contributed by atoms with van der Waals surface area (Å²) in [7, 11) is 1.62. The lowest BCUT2D eigenvalue weighted by Gasteiger charge is -2.04. The van der Waals surface area contributed by atoms with Gasteiger partial charge in [0.05, 0.1) is 13.3 Å². The molecule has 0 aliphatic rings. The van der Waals surface area contributed by atoms with Gasteiger partial charge in [-0.05, 0) is 6.92 Å². The van der Waals surface area contributed by atoms with E-state index in [1.165, 1.54) is 0 Å². The van der Waals surface area contributed by atoms with Gasteiger partial charge in [-0.3, -0.25) is 0 Å². The molecule has 0 fully saturated rings. The second-order valence-corrected chi connectivity index (χ2v) is 2.47. The Labute approximate surface area is 71.8 Å². The molecule has 0 saturated carbocycles. The Morgan fingerprint density at radius 1 is 1.67 bits per heavy atom. The Morgan fingerprint density at radius 2 is 2.42 bits per heavy atom. The average molecular weight is 170 g/mol. The van der Waals surface area contributed by atoms with E-state index >= 15 is 0 Å². The maximum Gasteiger partial charge on any atom is 0.214 e. The highest BCUT2D eigenvalue weighted by Crippen LogP contribution is 2.17. The lowest BCUT2D eigenvalue weighted by atomic mass is 10.2. The predicted octanol–water partition coefficient (Wildman–Crippen LogP) is 0.446. The van der Waals surface area contributed by atoms with Gasteiger partial charge in [0.15, 0.2) is 0 Å². The van der Waals surface area contributed by atoms with Gasteiger partial charge in [-0.25, -0.2) is 4.68 Å². The van der Waals surface area contributed by atoms with E-state index < -0.39 is 0 Å². The highest BCUT2D eigenvalue weighted by Gasteiger charge is 2.08. The van der Waals surface area contributed by atoms with Crippen molar-refractivity contribution in [3.05, 3.63) is 11.8 Å². The zero-order chi connectivity index (χ0) is 8.97. The quantitative estimate of drug-likeness (QED) is 0.713. The van der Waals surface area contributed by atoms with Crippen LogP contribution < -0.4 is 4.74 Å². The molecule has 1 N–H and O–H groups in total. The van der Waals surface area contributed by atoms with Crippen molar-refractivity contribution in [2.45, 2.75) is 19.9 Å². The highest BCUT2D eigenvalue weighted by atomic mass is 16.5. The molecule has 1 aromatic rings. The number of rotatable bonds is 4. The molecule has 1 heterocycles. The minimum Gasteiger partial charge on any atom is -0.481 e. The number of aliphatic hydroxyl groups is 1. The van der Waals surface area contributed by atoms with Crippen LogP contribution in [0.2, 0.25) is 0 Å². The molecular formula is C8H14N2O2. The average Bonchev–Trinajstić information content (AvgIpc) is 2.47. The molecule has 0 bridgehead atoms. The zero-order valence-electron chi connectivity index (χ0n) is 7.45. The van der Waals surface area contributed by atoms with Crippen molar-refractivity contribution in [1.29, 1.82) is 0 Å². The molecule has 68 valence electrons.